The maximum absolute atomic E-state index is 13.4. The largest absolute Gasteiger partial charge is 0.328 e. The Hall–Kier alpha value is -1.42. The van der Waals surface area contributed by atoms with Crippen LogP contribution >= 0.6 is 12.2 Å². The Bertz CT molecular complexity index is 567. The number of rotatable bonds is 2. The number of benzene rings is 1. The van der Waals surface area contributed by atoms with E-state index in [0.717, 1.165) is 5.52 Å². The van der Waals surface area contributed by atoms with Gasteiger partial charge in [-0.1, -0.05) is 12.1 Å². The van der Waals surface area contributed by atoms with E-state index in [1.165, 1.54) is 6.07 Å². The lowest BCUT2D eigenvalue weighted by Crippen LogP contribution is -2.01. The zero-order valence-corrected chi connectivity index (χ0v) is 9.14. The molecule has 0 bridgehead atoms. The van der Waals surface area contributed by atoms with Gasteiger partial charge in [0, 0.05) is 0 Å². The van der Waals surface area contributed by atoms with Crippen LogP contribution in [0.3, 0.4) is 0 Å². The number of nitrogens with one attached hydrogen (secondary N) is 1. The lowest BCUT2D eigenvalue weighted by molar-refractivity contribution is 0.637. The fourth-order valence-electron chi connectivity index (χ4n) is 1.62. The average molecular weight is 222 g/mol. The van der Waals surface area contributed by atoms with Crippen LogP contribution in [-0.4, -0.2) is 9.55 Å². The molecule has 4 heteroatoms. The van der Waals surface area contributed by atoms with Gasteiger partial charge in [0.25, 0.3) is 0 Å². The maximum atomic E-state index is 13.4. The monoisotopic (exact) mass is 222 g/mol. The van der Waals surface area contributed by atoms with E-state index < -0.39 is 0 Å². The fourth-order valence-corrected chi connectivity index (χ4v) is 1.99. The number of allylic oxidation sites excluding steroid dienone is 1. The molecule has 0 radical (unpaired) electrons. The minimum atomic E-state index is -0.284. The fraction of sp³-hybridized carbons (Fsp3) is 0.182. The van der Waals surface area contributed by atoms with Crippen LogP contribution < -0.4 is 0 Å². The zero-order chi connectivity index (χ0) is 11.0. The molecule has 1 atom stereocenters. The van der Waals surface area contributed by atoms with Gasteiger partial charge >= 0.3 is 0 Å². The molecule has 0 spiro atoms. The highest BCUT2D eigenvalue weighted by atomic mass is 32.1. The second-order valence-electron chi connectivity index (χ2n) is 3.41. The van der Waals surface area contributed by atoms with Crippen molar-refractivity contribution in [3.05, 3.63) is 41.4 Å². The van der Waals surface area contributed by atoms with E-state index in [1.807, 2.05) is 17.6 Å². The number of para-hydroxylation sites is 1. The molecule has 0 saturated carbocycles. The van der Waals surface area contributed by atoms with E-state index in [1.54, 1.807) is 12.1 Å². The van der Waals surface area contributed by atoms with Crippen LogP contribution in [0.5, 0.6) is 0 Å². The van der Waals surface area contributed by atoms with Gasteiger partial charge in [0.2, 0.25) is 0 Å². The van der Waals surface area contributed by atoms with Gasteiger partial charge in [-0.15, -0.1) is 6.58 Å². The second-order valence-corrected chi connectivity index (χ2v) is 3.80. The zero-order valence-electron chi connectivity index (χ0n) is 8.33. The third-order valence-corrected chi connectivity index (χ3v) is 2.75. The van der Waals surface area contributed by atoms with Gasteiger partial charge in [-0.3, -0.25) is 0 Å². The van der Waals surface area contributed by atoms with Crippen molar-refractivity contribution < 1.29 is 4.39 Å². The van der Waals surface area contributed by atoms with Crippen LogP contribution in [0.4, 0.5) is 4.39 Å². The van der Waals surface area contributed by atoms with Crippen molar-refractivity contribution in [1.82, 2.24) is 9.55 Å². The Balaban J connectivity index is 2.85. The van der Waals surface area contributed by atoms with Gasteiger partial charge < -0.3 is 9.55 Å². The van der Waals surface area contributed by atoms with Crippen LogP contribution in [0, 0.1) is 10.6 Å². The maximum Gasteiger partial charge on any atom is 0.178 e. The molecule has 78 valence electrons. The lowest BCUT2D eigenvalue weighted by atomic mass is 10.2. The summed E-state index contributed by atoms with van der Waals surface area (Å²) in [6.45, 7) is 5.67. The summed E-state index contributed by atoms with van der Waals surface area (Å²) in [4.78, 5) is 2.87. The summed E-state index contributed by atoms with van der Waals surface area (Å²) in [5.74, 6) is -0.284. The van der Waals surface area contributed by atoms with E-state index in [2.05, 4.69) is 11.6 Å². The Labute approximate surface area is 92.0 Å². The molecule has 1 unspecified atom stereocenters. The predicted octanol–water partition coefficient (Wildman–Crippen LogP) is 3.58. The highest BCUT2D eigenvalue weighted by Crippen LogP contribution is 2.21. The minimum absolute atomic E-state index is 0.0491. The van der Waals surface area contributed by atoms with Crippen LogP contribution in [0.25, 0.3) is 11.0 Å². The first kappa shape index (κ1) is 10.1. The molecule has 1 heterocycles. The van der Waals surface area contributed by atoms with Crippen LogP contribution in [-0.2, 0) is 0 Å². The van der Waals surface area contributed by atoms with E-state index >= 15 is 0 Å². The standard InChI is InChI=1S/C11H11FN2S/c1-3-7(2)14-9-6-4-5-8(12)10(9)13-11(14)15/h3-7H,1H2,2H3,(H,13,15). The normalized spacial score (nSPS) is 12.9. The first-order chi connectivity index (χ1) is 7.15. The molecule has 2 aromatic rings. The third kappa shape index (κ3) is 1.51. The number of halogens is 1. The molecule has 15 heavy (non-hydrogen) atoms. The molecular weight excluding hydrogens is 211 g/mol. The quantitative estimate of drug-likeness (QED) is 0.608. The van der Waals surface area contributed by atoms with Crippen LogP contribution in [0.2, 0.25) is 0 Å². The number of fused-ring (bicyclic) bond motifs is 1. The van der Waals surface area contributed by atoms with Crippen molar-refractivity contribution in [2.24, 2.45) is 0 Å². The minimum Gasteiger partial charge on any atom is -0.328 e. The summed E-state index contributed by atoms with van der Waals surface area (Å²) in [6.07, 6.45) is 1.77. The van der Waals surface area contributed by atoms with Gasteiger partial charge in [0.15, 0.2) is 4.77 Å². The highest BCUT2D eigenvalue weighted by Gasteiger charge is 2.10. The average Bonchev–Trinajstić information content (AvgIpc) is 2.55. The topological polar surface area (TPSA) is 20.7 Å². The predicted molar refractivity (Wildman–Crippen MR) is 62.0 cm³/mol. The van der Waals surface area contributed by atoms with Gasteiger partial charge in [0.05, 0.1) is 11.6 Å². The van der Waals surface area contributed by atoms with Gasteiger partial charge in [-0.2, -0.15) is 0 Å². The molecular formula is C11H11FN2S. The van der Waals surface area contributed by atoms with E-state index in [9.17, 15) is 4.39 Å². The second kappa shape index (κ2) is 3.62. The van der Waals surface area contributed by atoms with Crippen LogP contribution in [0.15, 0.2) is 30.9 Å². The van der Waals surface area contributed by atoms with E-state index in [4.69, 9.17) is 12.2 Å². The molecule has 1 aromatic heterocycles. The Kier molecular flexibility index (Phi) is 2.44. The Morgan fingerprint density at radius 3 is 3.00 bits per heavy atom. The number of aromatic amines is 1. The molecule has 1 N–H and O–H groups in total. The molecule has 1 aromatic carbocycles. The van der Waals surface area contributed by atoms with Crippen molar-refractivity contribution in [3.63, 3.8) is 0 Å². The first-order valence-corrected chi connectivity index (χ1v) is 5.07. The molecule has 2 rings (SSSR count). The summed E-state index contributed by atoms with van der Waals surface area (Å²) < 4.78 is 15.8. The summed E-state index contributed by atoms with van der Waals surface area (Å²) in [7, 11) is 0. The van der Waals surface area contributed by atoms with Crippen molar-refractivity contribution >= 4 is 23.3 Å². The Morgan fingerprint density at radius 1 is 1.60 bits per heavy atom. The third-order valence-electron chi connectivity index (χ3n) is 2.45. The number of imidazole rings is 1. The van der Waals surface area contributed by atoms with Crippen molar-refractivity contribution in [2.45, 2.75) is 13.0 Å². The highest BCUT2D eigenvalue weighted by molar-refractivity contribution is 7.71. The van der Waals surface area contributed by atoms with Gasteiger partial charge in [-0.25, -0.2) is 4.39 Å². The van der Waals surface area contributed by atoms with E-state index in [0.29, 0.717) is 10.3 Å². The smallest absolute Gasteiger partial charge is 0.178 e. The number of hydrogen-bond acceptors (Lipinski definition) is 1. The van der Waals surface area contributed by atoms with Gasteiger partial charge in [-0.05, 0) is 31.3 Å². The first-order valence-electron chi connectivity index (χ1n) is 4.66. The van der Waals surface area contributed by atoms with Crippen molar-refractivity contribution in [2.75, 3.05) is 0 Å². The van der Waals surface area contributed by atoms with Crippen molar-refractivity contribution in [3.8, 4) is 0 Å². The Morgan fingerprint density at radius 2 is 2.33 bits per heavy atom. The van der Waals surface area contributed by atoms with Crippen LogP contribution in [0.1, 0.15) is 13.0 Å². The number of H-pyrrole nitrogens is 1. The molecule has 0 fully saturated rings. The lowest BCUT2D eigenvalue weighted by Gasteiger charge is -2.08. The number of aromatic nitrogens is 2. The summed E-state index contributed by atoms with van der Waals surface area (Å²) >= 11 is 5.15. The summed E-state index contributed by atoms with van der Waals surface area (Å²) in [5.41, 5.74) is 1.23. The van der Waals surface area contributed by atoms with Gasteiger partial charge in [0.1, 0.15) is 11.3 Å². The molecule has 0 aliphatic carbocycles. The summed E-state index contributed by atoms with van der Waals surface area (Å²) in [5, 5.41) is 0. The number of hydrogen-bond donors (Lipinski definition) is 1. The molecule has 0 saturated heterocycles. The van der Waals surface area contributed by atoms with E-state index in [-0.39, 0.29) is 11.9 Å². The SMILES string of the molecule is C=CC(C)n1c(=S)[nH]c2c(F)cccc21. The molecule has 0 amide bonds. The summed E-state index contributed by atoms with van der Waals surface area (Å²) in [6, 6.07) is 4.97. The number of nitrogens with zero attached hydrogens (tertiary/aromatic N) is 1. The molecule has 2 nitrogen and oxygen atoms in total. The molecule has 0 aliphatic rings. The molecule has 0 aliphatic heterocycles. The van der Waals surface area contributed by atoms with Crippen molar-refractivity contribution in [1.29, 1.82) is 0 Å².